The Kier molecular flexibility index (Phi) is 4.54. The lowest BCUT2D eigenvalue weighted by molar-refractivity contribution is -0.119. The zero-order chi connectivity index (χ0) is 9.68. The highest BCUT2D eigenvalue weighted by molar-refractivity contribution is 8.21. The molecular formula is C9H13NOS2. The van der Waals surface area contributed by atoms with Gasteiger partial charge in [-0.15, -0.1) is 35.9 Å². The van der Waals surface area contributed by atoms with Crippen molar-refractivity contribution in [3.8, 4) is 12.3 Å². The van der Waals surface area contributed by atoms with Gasteiger partial charge in [0.1, 0.15) is 4.58 Å². The average molecular weight is 215 g/mol. The fourth-order valence-electron chi connectivity index (χ4n) is 1.05. The second kappa shape index (κ2) is 5.46. The molecule has 1 amide bonds. The first-order valence-corrected chi connectivity index (χ1v) is 6.31. The minimum atomic E-state index is 0.0835. The molecule has 1 atom stereocenters. The molecule has 0 aromatic heterocycles. The number of terminal acetylenes is 1. The van der Waals surface area contributed by atoms with Crippen molar-refractivity contribution in [2.45, 2.75) is 24.0 Å². The lowest BCUT2D eigenvalue weighted by atomic mass is 10.2. The third kappa shape index (κ3) is 3.53. The zero-order valence-electron chi connectivity index (χ0n) is 7.58. The molecule has 1 N–H and O–H groups in total. The second-order valence-electron chi connectivity index (χ2n) is 2.89. The van der Waals surface area contributed by atoms with Gasteiger partial charge in [-0.25, -0.2) is 0 Å². The Morgan fingerprint density at radius 3 is 2.85 bits per heavy atom. The summed E-state index contributed by atoms with van der Waals surface area (Å²) in [4.78, 5) is 11.5. The van der Waals surface area contributed by atoms with Crippen molar-refractivity contribution in [3.05, 3.63) is 0 Å². The standard InChI is InChI=1S/C9H13NOS2/c1-3-4-7(2)10-8(11)9-12-5-6-13-9/h1,7,9H,4-6H2,2H3,(H,10,11). The Hall–Kier alpha value is -0.270. The van der Waals surface area contributed by atoms with Gasteiger partial charge in [0.25, 0.3) is 0 Å². The Balaban J connectivity index is 2.28. The molecule has 1 heterocycles. The second-order valence-corrected chi connectivity index (χ2v) is 5.62. The van der Waals surface area contributed by atoms with Crippen LogP contribution in [0.25, 0.3) is 0 Å². The van der Waals surface area contributed by atoms with Crippen LogP contribution in [0.3, 0.4) is 0 Å². The number of amides is 1. The summed E-state index contributed by atoms with van der Waals surface area (Å²) in [5, 5.41) is 2.90. The third-order valence-electron chi connectivity index (χ3n) is 1.65. The van der Waals surface area contributed by atoms with E-state index in [4.69, 9.17) is 6.42 Å². The van der Waals surface area contributed by atoms with E-state index < -0.39 is 0 Å². The van der Waals surface area contributed by atoms with Crippen LogP contribution in [0.4, 0.5) is 0 Å². The van der Waals surface area contributed by atoms with E-state index in [0.29, 0.717) is 6.42 Å². The average Bonchev–Trinajstić information content (AvgIpc) is 2.55. The Bertz CT molecular complexity index is 218. The molecule has 4 heteroatoms. The van der Waals surface area contributed by atoms with Gasteiger partial charge in [-0.1, -0.05) is 0 Å². The molecule has 1 saturated heterocycles. The van der Waals surface area contributed by atoms with E-state index in [9.17, 15) is 4.79 Å². The number of carbonyl (C=O) groups excluding carboxylic acids is 1. The Labute approximate surface area is 87.6 Å². The summed E-state index contributed by atoms with van der Waals surface area (Å²) in [6.07, 6.45) is 5.75. The maximum atomic E-state index is 11.5. The highest BCUT2D eigenvalue weighted by Crippen LogP contribution is 2.31. The summed E-state index contributed by atoms with van der Waals surface area (Å²) < 4.78 is 0.0835. The first kappa shape index (κ1) is 10.8. The van der Waals surface area contributed by atoms with Gasteiger partial charge in [0.2, 0.25) is 5.91 Å². The van der Waals surface area contributed by atoms with Crippen LogP contribution in [0.1, 0.15) is 13.3 Å². The molecule has 1 fully saturated rings. The SMILES string of the molecule is C#CCC(C)NC(=O)C1SCCS1. The van der Waals surface area contributed by atoms with E-state index in [2.05, 4.69) is 11.2 Å². The van der Waals surface area contributed by atoms with Crippen LogP contribution in [0, 0.1) is 12.3 Å². The molecule has 1 rings (SSSR count). The molecule has 0 saturated carbocycles. The topological polar surface area (TPSA) is 29.1 Å². The van der Waals surface area contributed by atoms with Gasteiger partial charge in [-0.3, -0.25) is 4.79 Å². The van der Waals surface area contributed by atoms with Gasteiger partial charge in [-0.2, -0.15) is 0 Å². The number of thioether (sulfide) groups is 2. The summed E-state index contributed by atoms with van der Waals surface area (Å²) in [5.41, 5.74) is 0. The molecular weight excluding hydrogens is 202 g/mol. The lowest BCUT2D eigenvalue weighted by Gasteiger charge is -2.13. The minimum absolute atomic E-state index is 0.0835. The van der Waals surface area contributed by atoms with Crippen LogP contribution < -0.4 is 5.32 Å². The molecule has 1 unspecified atom stereocenters. The van der Waals surface area contributed by atoms with Crippen LogP contribution in [-0.4, -0.2) is 28.0 Å². The number of rotatable bonds is 3. The van der Waals surface area contributed by atoms with Crippen molar-refractivity contribution < 1.29 is 4.79 Å². The van der Waals surface area contributed by atoms with Gasteiger partial charge in [0.15, 0.2) is 0 Å². The summed E-state index contributed by atoms with van der Waals surface area (Å²) in [5.74, 6) is 4.81. The van der Waals surface area contributed by atoms with Crippen LogP contribution in [0.5, 0.6) is 0 Å². The highest BCUT2D eigenvalue weighted by Gasteiger charge is 2.24. The van der Waals surface area contributed by atoms with Crippen molar-refractivity contribution in [2.24, 2.45) is 0 Å². The summed E-state index contributed by atoms with van der Waals surface area (Å²) >= 11 is 3.42. The predicted octanol–water partition coefficient (Wildman–Crippen LogP) is 1.32. The largest absolute Gasteiger partial charge is 0.351 e. The molecule has 2 nitrogen and oxygen atoms in total. The van der Waals surface area contributed by atoms with E-state index in [-0.39, 0.29) is 16.5 Å². The van der Waals surface area contributed by atoms with Crippen LogP contribution in [-0.2, 0) is 4.79 Å². The number of hydrogen-bond donors (Lipinski definition) is 1. The third-order valence-corrected chi connectivity index (χ3v) is 4.64. The van der Waals surface area contributed by atoms with E-state index in [1.165, 1.54) is 0 Å². The maximum Gasteiger partial charge on any atom is 0.243 e. The molecule has 0 bridgehead atoms. The molecule has 13 heavy (non-hydrogen) atoms. The normalized spacial score (nSPS) is 19.4. The van der Waals surface area contributed by atoms with Gasteiger partial charge < -0.3 is 5.32 Å². The van der Waals surface area contributed by atoms with Crippen molar-refractivity contribution in [3.63, 3.8) is 0 Å². The molecule has 0 spiro atoms. The molecule has 72 valence electrons. The maximum absolute atomic E-state index is 11.5. The Morgan fingerprint density at radius 1 is 1.69 bits per heavy atom. The first-order chi connectivity index (χ1) is 6.24. The van der Waals surface area contributed by atoms with Crippen molar-refractivity contribution in [2.75, 3.05) is 11.5 Å². The fraction of sp³-hybridized carbons (Fsp3) is 0.667. The van der Waals surface area contributed by atoms with Crippen LogP contribution in [0.15, 0.2) is 0 Å². The van der Waals surface area contributed by atoms with Gasteiger partial charge in [-0.05, 0) is 6.92 Å². The van der Waals surface area contributed by atoms with E-state index in [1.807, 2.05) is 6.92 Å². The van der Waals surface area contributed by atoms with Gasteiger partial charge in [0.05, 0.1) is 0 Å². The lowest BCUT2D eigenvalue weighted by Crippen LogP contribution is -2.36. The fourth-order valence-corrected chi connectivity index (χ4v) is 3.65. The minimum Gasteiger partial charge on any atom is -0.351 e. The van der Waals surface area contributed by atoms with Gasteiger partial charge >= 0.3 is 0 Å². The molecule has 1 aliphatic rings. The summed E-state index contributed by atoms with van der Waals surface area (Å²) in [6.45, 7) is 1.93. The number of nitrogens with one attached hydrogen (secondary N) is 1. The number of hydrogen-bond acceptors (Lipinski definition) is 3. The smallest absolute Gasteiger partial charge is 0.243 e. The van der Waals surface area contributed by atoms with Crippen LogP contribution >= 0.6 is 23.5 Å². The van der Waals surface area contributed by atoms with E-state index in [1.54, 1.807) is 23.5 Å². The molecule has 0 radical (unpaired) electrons. The highest BCUT2D eigenvalue weighted by atomic mass is 32.2. The molecule has 0 aromatic rings. The van der Waals surface area contributed by atoms with Crippen LogP contribution in [0.2, 0.25) is 0 Å². The summed E-state index contributed by atoms with van der Waals surface area (Å²) in [7, 11) is 0. The monoisotopic (exact) mass is 215 g/mol. The van der Waals surface area contributed by atoms with Gasteiger partial charge in [0, 0.05) is 24.0 Å². The molecule has 1 aliphatic heterocycles. The van der Waals surface area contributed by atoms with E-state index in [0.717, 1.165) is 11.5 Å². The quantitative estimate of drug-likeness (QED) is 0.720. The van der Waals surface area contributed by atoms with Crippen molar-refractivity contribution in [1.29, 1.82) is 0 Å². The molecule has 0 aliphatic carbocycles. The summed E-state index contributed by atoms with van der Waals surface area (Å²) in [6, 6.07) is 0.0966. The predicted molar refractivity (Wildman–Crippen MR) is 59.8 cm³/mol. The zero-order valence-corrected chi connectivity index (χ0v) is 9.21. The Morgan fingerprint density at radius 2 is 2.31 bits per heavy atom. The van der Waals surface area contributed by atoms with E-state index >= 15 is 0 Å². The number of carbonyl (C=O) groups is 1. The van der Waals surface area contributed by atoms with Crippen molar-refractivity contribution >= 4 is 29.4 Å². The van der Waals surface area contributed by atoms with Crippen molar-refractivity contribution in [1.82, 2.24) is 5.32 Å². The molecule has 0 aromatic carbocycles. The first-order valence-electron chi connectivity index (χ1n) is 4.21.